The predicted molar refractivity (Wildman–Crippen MR) is 213 cm³/mol. The minimum Gasteiger partial charge on any atom is -0.493 e. The summed E-state index contributed by atoms with van der Waals surface area (Å²) in [6.45, 7) is 3.54. The molecule has 0 saturated heterocycles. The highest BCUT2D eigenvalue weighted by atomic mass is 32.2. The van der Waals surface area contributed by atoms with Gasteiger partial charge in [-0.15, -0.1) is 23.1 Å². The van der Waals surface area contributed by atoms with Crippen LogP contribution in [0.4, 0.5) is 16.4 Å². The number of hydrogen-bond acceptors (Lipinski definition) is 9. The summed E-state index contributed by atoms with van der Waals surface area (Å²) in [4.78, 5) is 54.6. The number of anilines is 3. The molecular formula is C41H37N5O6S2. The summed E-state index contributed by atoms with van der Waals surface area (Å²) in [5.74, 6) is -0.962. The molecule has 1 unspecified atom stereocenters. The highest BCUT2D eigenvalue weighted by molar-refractivity contribution is 8.00. The van der Waals surface area contributed by atoms with Crippen molar-refractivity contribution in [1.29, 1.82) is 5.26 Å². The first-order valence-corrected chi connectivity index (χ1v) is 18.4. The van der Waals surface area contributed by atoms with Crippen molar-refractivity contribution in [1.82, 2.24) is 5.32 Å². The number of thiophene rings is 1. The molecule has 0 aliphatic heterocycles. The van der Waals surface area contributed by atoms with Crippen LogP contribution in [0.15, 0.2) is 114 Å². The second-order valence-electron chi connectivity index (χ2n) is 11.6. The third-order valence-corrected chi connectivity index (χ3v) is 10.6. The molecule has 5 aromatic rings. The Labute approximate surface area is 321 Å². The zero-order valence-electron chi connectivity index (χ0n) is 29.9. The van der Waals surface area contributed by atoms with Crippen LogP contribution in [0, 0.1) is 18.3 Å². The average molecular weight is 760 g/mol. The van der Waals surface area contributed by atoms with E-state index < -0.39 is 17.1 Å². The van der Waals surface area contributed by atoms with Gasteiger partial charge in [0.15, 0.2) is 11.5 Å². The predicted octanol–water partition coefficient (Wildman–Crippen LogP) is 8.12. The maximum Gasteiger partial charge on any atom is 0.272 e. The molecule has 0 radical (unpaired) electrons. The summed E-state index contributed by atoms with van der Waals surface area (Å²) in [5.41, 5.74) is 2.56. The van der Waals surface area contributed by atoms with Gasteiger partial charge in [0.2, 0.25) is 5.91 Å². The lowest BCUT2D eigenvalue weighted by Gasteiger charge is -2.16. The van der Waals surface area contributed by atoms with Gasteiger partial charge >= 0.3 is 0 Å². The van der Waals surface area contributed by atoms with Crippen molar-refractivity contribution in [2.45, 2.75) is 30.4 Å². The number of amides is 4. The van der Waals surface area contributed by atoms with E-state index in [2.05, 4.69) is 27.3 Å². The molecule has 11 nitrogen and oxygen atoms in total. The van der Waals surface area contributed by atoms with Gasteiger partial charge in [0.1, 0.15) is 16.8 Å². The molecule has 1 heterocycles. The van der Waals surface area contributed by atoms with Crippen LogP contribution < -0.4 is 30.7 Å². The lowest BCUT2D eigenvalue weighted by molar-refractivity contribution is -0.116. The van der Waals surface area contributed by atoms with Gasteiger partial charge in [0.25, 0.3) is 17.7 Å². The Balaban J connectivity index is 1.33. The fourth-order valence-corrected chi connectivity index (χ4v) is 7.38. The molecule has 13 heteroatoms. The smallest absolute Gasteiger partial charge is 0.272 e. The van der Waals surface area contributed by atoms with Gasteiger partial charge in [-0.2, -0.15) is 5.26 Å². The van der Waals surface area contributed by atoms with Crippen molar-refractivity contribution < 1.29 is 28.7 Å². The number of ether oxygens (including phenoxy) is 2. The summed E-state index contributed by atoms with van der Waals surface area (Å²) in [7, 11) is 2.99. The third-order valence-electron chi connectivity index (χ3n) is 8.03. The minimum absolute atomic E-state index is 0.0457. The van der Waals surface area contributed by atoms with E-state index in [0.29, 0.717) is 60.8 Å². The van der Waals surface area contributed by atoms with Crippen molar-refractivity contribution >= 4 is 69.2 Å². The first-order valence-electron chi connectivity index (χ1n) is 16.7. The Kier molecular flexibility index (Phi) is 13.3. The molecule has 4 aromatic carbocycles. The first kappa shape index (κ1) is 38.9. The SMILES string of the molecule is CCC(Sc1cccc(NC(=O)/C(=C\c2cccc(OC)c2OC)NC(=O)c2ccccc2)c1)C(=O)Nc1sc(C(=O)Nc2ccccc2)c(C)c1C#N. The molecule has 5 rings (SSSR count). The van der Waals surface area contributed by atoms with E-state index in [0.717, 1.165) is 11.3 Å². The molecule has 0 fully saturated rings. The van der Waals surface area contributed by atoms with Crippen LogP contribution in [0.25, 0.3) is 6.08 Å². The quantitative estimate of drug-likeness (QED) is 0.0653. The summed E-state index contributed by atoms with van der Waals surface area (Å²) >= 11 is 2.33. The van der Waals surface area contributed by atoms with Gasteiger partial charge in [-0.25, -0.2) is 0 Å². The third kappa shape index (κ3) is 9.54. The Morgan fingerprint density at radius 1 is 0.833 bits per heavy atom. The van der Waals surface area contributed by atoms with Crippen LogP contribution in [0.5, 0.6) is 11.5 Å². The van der Waals surface area contributed by atoms with Crippen LogP contribution >= 0.6 is 23.1 Å². The molecule has 0 aliphatic carbocycles. The van der Waals surface area contributed by atoms with Crippen LogP contribution in [0.2, 0.25) is 0 Å². The Hall–Kier alpha value is -6.36. The van der Waals surface area contributed by atoms with E-state index in [-0.39, 0.29) is 23.1 Å². The van der Waals surface area contributed by atoms with Gasteiger partial charge in [-0.1, -0.05) is 61.5 Å². The van der Waals surface area contributed by atoms with E-state index in [1.54, 1.807) is 97.9 Å². The maximum absolute atomic E-state index is 13.8. The van der Waals surface area contributed by atoms with Crippen molar-refractivity contribution in [3.05, 3.63) is 136 Å². The summed E-state index contributed by atoms with van der Waals surface area (Å²) in [6, 6.07) is 31.8. The lowest BCUT2D eigenvalue weighted by Crippen LogP contribution is -2.30. The van der Waals surface area contributed by atoms with Gasteiger partial charge in [0, 0.05) is 27.4 Å². The zero-order valence-corrected chi connectivity index (χ0v) is 31.5. The molecule has 0 aliphatic rings. The number of nitriles is 1. The maximum atomic E-state index is 13.8. The largest absolute Gasteiger partial charge is 0.493 e. The molecule has 0 spiro atoms. The Morgan fingerprint density at radius 2 is 1.52 bits per heavy atom. The number of carbonyl (C=O) groups is 4. The molecule has 274 valence electrons. The summed E-state index contributed by atoms with van der Waals surface area (Å²) in [6.07, 6.45) is 1.95. The van der Waals surface area contributed by atoms with Crippen LogP contribution in [-0.2, 0) is 9.59 Å². The number of methoxy groups -OCH3 is 2. The summed E-state index contributed by atoms with van der Waals surface area (Å²) in [5, 5.41) is 20.9. The average Bonchev–Trinajstić information content (AvgIpc) is 3.51. The van der Waals surface area contributed by atoms with Gasteiger partial charge < -0.3 is 30.7 Å². The standard InChI is InChI=1S/C41H37N5O6S2/c1-5-34(39(49)46-41-31(24-42)25(2)36(54-41)40(50)43-28-17-10-7-11-18-28)53-30-20-13-19-29(23-30)44-38(48)32(45-37(47)26-14-8-6-9-15-26)22-27-16-12-21-33(51-3)35(27)52-4/h6-23,34H,5H2,1-4H3,(H,43,50)(H,44,48)(H,45,47)(H,46,49)/b32-22+. The summed E-state index contributed by atoms with van der Waals surface area (Å²) < 4.78 is 11.0. The van der Waals surface area contributed by atoms with Crippen molar-refractivity contribution in [3.63, 3.8) is 0 Å². The fraction of sp³-hybridized carbons (Fsp3) is 0.146. The first-order chi connectivity index (χ1) is 26.1. The number of hydrogen-bond donors (Lipinski definition) is 4. The number of benzene rings is 4. The van der Waals surface area contributed by atoms with Gasteiger partial charge in [0.05, 0.1) is 29.9 Å². The number of para-hydroxylation sites is 2. The topological polar surface area (TPSA) is 159 Å². The molecule has 1 atom stereocenters. The molecule has 0 saturated carbocycles. The molecule has 0 bridgehead atoms. The van der Waals surface area contributed by atoms with E-state index in [1.165, 1.54) is 32.1 Å². The molecular weight excluding hydrogens is 723 g/mol. The number of carbonyl (C=O) groups excluding carboxylic acids is 4. The van der Waals surface area contributed by atoms with Crippen LogP contribution in [-0.4, -0.2) is 43.1 Å². The Morgan fingerprint density at radius 3 is 2.19 bits per heavy atom. The molecule has 4 amide bonds. The second-order valence-corrected chi connectivity index (χ2v) is 13.9. The fourth-order valence-electron chi connectivity index (χ4n) is 5.31. The van der Waals surface area contributed by atoms with Crippen molar-refractivity contribution in [2.24, 2.45) is 0 Å². The van der Waals surface area contributed by atoms with Crippen LogP contribution in [0.3, 0.4) is 0 Å². The number of thioether (sulfide) groups is 1. The van der Waals surface area contributed by atoms with Crippen molar-refractivity contribution in [2.75, 3.05) is 30.2 Å². The van der Waals surface area contributed by atoms with Gasteiger partial charge in [-0.3, -0.25) is 19.2 Å². The monoisotopic (exact) mass is 759 g/mol. The van der Waals surface area contributed by atoms with Crippen molar-refractivity contribution in [3.8, 4) is 17.6 Å². The number of rotatable bonds is 14. The van der Waals surface area contributed by atoms with E-state index >= 15 is 0 Å². The molecule has 4 N–H and O–H groups in total. The second kappa shape index (κ2) is 18.4. The van der Waals surface area contributed by atoms with Gasteiger partial charge in [-0.05, 0) is 73.5 Å². The van der Waals surface area contributed by atoms with E-state index in [1.807, 2.05) is 19.1 Å². The van der Waals surface area contributed by atoms with E-state index in [4.69, 9.17) is 9.47 Å². The minimum atomic E-state index is -0.597. The normalized spacial score (nSPS) is 11.4. The Bertz CT molecular complexity index is 2230. The zero-order chi connectivity index (χ0) is 38.6. The highest BCUT2D eigenvalue weighted by Crippen LogP contribution is 2.35. The van der Waals surface area contributed by atoms with E-state index in [9.17, 15) is 24.4 Å². The van der Waals surface area contributed by atoms with Crippen LogP contribution in [0.1, 0.15) is 50.1 Å². The number of nitrogens with one attached hydrogen (secondary N) is 4. The molecule has 1 aromatic heterocycles. The number of nitrogens with zero attached hydrogens (tertiary/aromatic N) is 1. The lowest BCUT2D eigenvalue weighted by atomic mass is 10.1. The molecule has 54 heavy (non-hydrogen) atoms. The highest BCUT2D eigenvalue weighted by Gasteiger charge is 2.25.